The van der Waals surface area contributed by atoms with Crippen molar-refractivity contribution < 1.29 is 22.6 Å². The molecule has 0 bridgehead atoms. The molecule has 184 valence electrons. The predicted molar refractivity (Wildman–Crippen MR) is 117 cm³/mol. The van der Waals surface area contributed by atoms with E-state index in [4.69, 9.17) is 11.5 Å². The average molecular weight is 515 g/mol. The number of nitrogens with two attached hydrogens (primary N) is 2. The lowest BCUT2D eigenvalue weighted by molar-refractivity contribution is -0.146. The number of amides is 2. The highest BCUT2D eigenvalue weighted by Gasteiger charge is 2.54. The minimum absolute atomic E-state index is 0.0109. The molecule has 3 heterocycles. The van der Waals surface area contributed by atoms with Crippen molar-refractivity contribution in [2.75, 3.05) is 5.73 Å². The minimum atomic E-state index is -4.92. The summed E-state index contributed by atoms with van der Waals surface area (Å²) >= 11 is 0.993. The van der Waals surface area contributed by atoms with Gasteiger partial charge in [0.1, 0.15) is 12.1 Å². The van der Waals surface area contributed by atoms with Gasteiger partial charge in [0.15, 0.2) is 5.13 Å². The van der Waals surface area contributed by atoms with Crippen LogP contribution in [0.25, 0.3) is 0 Å². The van der Waals surface area contributed by atoms with E-state index in [2.05, 4.69) is 31.0 Å². The SMILES string of the molecule is Nc1nc(C(N=O)C(=O)NC2C(=O)N(S(=O)(=O)O)C2Cn2ncc(CNC3CC(N)C3)n2)cs1. The number of carbonyl (C=O) groups is 2. The third-order valence-electron chi connectivity index (χ3n) is 5.57. The molecule has 18 heteroatoms. The summed E-state index contributed by atoms with van der Waals surface area (Å²) in [7, 11) is -4.92. The van der Waals surface area contributed by atoms with Gasteiger partial charge in [-0.3, -0.25) is 14.1 Å². The Morgan fingerprint density at radius 1 is 1.41 bits per heavy atom. The Morgan fingerprint density at radius 3 is 2.74 bits per heavy atom. The van der Waals surface area contributed by atoms with Crippen LogP contribution in [-0.2, 0) is 33.0 Å². The number of hydrogen-bond acceptors (Lipinski definition) is 13. The highest BCUT2D eigenvalue weighted by molar-refractivity contribution is 7.84. The number of rotatable bonds is 10. The molecule has 1 saturated heterocycles. The Kier molecular flexibility index (Phi) is 6.58. The molecule has 4 rings (SSSR count). The van der Waals surface area contributed by atoms with E-state index in [1.807, 2.05) is 0 Å². The quantitative estimate of drug-likeness (QED) is 0.130. The first-order valence-electron chi connectivity index (χ1n) is 10.1. The van der Waals surface area contributed by atoms with Crippen LogP contribution >= 0.6 is 11.3 Å². The number of hydrogen-bond donors (Lipinski definition) is 5. The summed E-state index contributed by atoms with van der Waals surface area (Å²) in [4.78, 5) is 41.2. The zero-order valence-corrected chi connectivity index (χ0v) is 19.1. The van der Waals surface area contributed by atoms with Crippen LogP contribution in [0.3, 0.4) is 0 Å². The number of nitrogen functional groups attached to an aromatic ring is 1. The summed E-state index contributed by atoms with van der Waals surface area (Å²) < 4.78 is 33.1. The van der Waals surface area contributed by atoms with Crippen LogP contribution < -0.4 is 22.1 Å². The molecule has 34 heavy (non-hydrogen) atoms. The number of nitrogens with zero attached hydrogens (tertiary/aromatic N) is 6. The molecular formula is C16H22N10O6S2. The molecule has 1 aliphatic heterocycles. The Hall–Kier alpha value is -3.06. The van der Waals surface area contributed by atoms with Crippen molar-refractivity contribution in [3.63, 3.8) is 0 Å². The second kappa shape index (κ2) is 9.29. The molecule has 0 radical (unpaired) electrons. The standard InChI is InChI=1S/C16H22N10O6S2/c17-7-1-8(2-7)19-3-9-4-20-25(23-9)5-11-13(15(28)26(11)34(30,31)32)22-14(27)12(24-29)10-6-33-16(18)21-10/h4,6-8,11-13,19H,1-3,5,17H2,(H2,18,21)(H,22,27)(H,30,31,32). The van der Waals surface area contributed by atoms with Crippen molar-refractivity contribution in [1.29, 1.82) is 0 Å². The van der Waals surface area contributed by atoms with Gasteiger partial charge < -0.3 is 22.1 Å². The first kappa shape index (κ1) is 24.1. The van der Waals surface area contributed by atoms with Crippen LogP contribution in [0.1, 0.15) is 30.3 Å². The zero-order valence-electron chi connectivity index (χ0n) is 17.5. The molecule has 1 aliphatic carbocycles. The van der Waals surface area contributed by atoms with E-state index in [9.17, 15) is 27.5 Å². The second-order valence-corrected chi connectivity index (χ2v) is 10.2. The Labute approximate surface area is 196 Å². The third kappa shape index (κ3) is 4.89. The summed E-state index contributed by atoms with van der Waals surface area (Å²) in [6, 6.07) is -3.74. The molecule has 2 aromatic rings. The molecule has 3 atom stereocenters. The number of thiazole rings is 1. The zero-order chi connectivity index (χ0) is 24.6. The molecular weight excluding hydrogens is 492 g/mol. The molecule has 2 aliphatic rings. The Morgan fingerprint density at radius 2 is 2.15 bits per heavy atom. The molecule has 7 N–H and O–H groups in total. The van der Waals surface area contributed by atoms with E-state index in [1.54, 1.807) is 0 Å². The normalized spacial score (nSPS) is 25.4. The summed E-state index contributed by atoms with van der Waals surface area (Å²) in [5, 5.41) is 18.1. The fourth-order valence-electron chi connectivity index (χ4n) is 3.78. The highest BCUT2D eigenvalue weighted by Crippen LogP contribution is 2.27. The maximum absolute atomic E-state index is 12.6. The number of anilines is 1. The minimum Gasteiger partial charge on any atom is -0.375 e. The van der Waals surface area contributed by atoms with E-state index >= 15 is 0 Å². The van der Waals surface area contributed by atoms with Gasteiger partial charge in [-0.2, -0.15) is 23.4 Å². The van der Waals surface area contributed by atoms with Crippen LogP contribution in [0.4, 0.5) is 5.13 Å². The van der Waals surface area contributed by atoms with E-state index in [-0.39, 0.29) is 33.8 Å². The van der Waals surface area contributed by atoms with Gasteiger partial charge in [-0.15, -0.1) is 16.2 Å². The van der Waals surface area contributed by atoms with Gasteiger partial charge >= 0.3 is 10.3 Å². The van der Waals surface area contributed by atoms with Crippen molar-refractivity contribution >= 4 is 38.6 Å². The maximum Gasteiger partial charge on any atom is 0.362 e. The van der Waals surface area contributed by atoms with Gasteiger partial charge in [-0.05, 0) is 18.0 Å². The molecule has 0 aromatic carbocycles. The van der Waals surface area contributed by atoms with Gasteiger partial charge in [0.05, 0.1) is 24.1 Å². The molecule has 2 fully saturated rings. The fourth-order valence-corrected chi connectivity index (χ4v) is 5.23. The van der Waals surface area contributed by atoms with Crippen molar-refractivity contribution in [3.8, 4) is 0 Å². The first-order chi connectivity index (χ1) is 16.1. The van der Waals surface area contributed by atoms with E-state index < -0.39 is 40.2 Å². The van der Waals surface area contributed by atoms with E-state index in [1.165, 1.54) is 11.6 Å². The van der Waals surface area contributed by atoms with Gasteiger partial charge in [-0.25, -0.2) is 9.29 Å². The summed E-state index contributed by atoms with van der Waals surface area (Å²) in [5.41, 5.74) is 11.8. The van der Waals surface area contributed by atoms with Gasteiger partial charge in [0, 0.05) is 24.0 Å². The molecule has 2 amide bonds. The maximum atomic E-state index is 12.6. The van der Waals surface area contributed by atoms with Gasteiger partial charge in [0.25, 0.3) is 11.8 Å². The molecule has 3 unspecified atom stereocenters. The molecule has 1 saturated carbocycles. The smallest absolute Gasteiger partial charge is 0.362 e. The van der Waals surface area contributed by atoms with E-state index in [0.29, 0.717) is 12.2 Å². The van der Waals surface area contributed by atoms with Crippen molar-refractivity contribution in [1.82, 2.24) is 34.9 Å². The predicted octanol–water partition coefficient (Wildman–Crippen LogP) is -2.10. The number of nitroso groups, excluding NO2 is 1. The second-order valence-electron chi connectivity index (χ2n) is 7.98. The largest absolute Gasteiger partial charge is 0.375 e. The van der Waals surface area contributed by atoms with Gasteiger partial charge in [0.2, 0.25) is 6.04 Å². The van der Waals surface area contributed by atoms with Crippen LogP contribution in [0.15, 0.2) is 16.8 Å². The lowest BCUT2D eigenvalue weighted by Gasteiger charge is -2.43. The van der Waals surface area contributed by atoms with Crippen LogP contribution in [-0.4, -0.2) is 73.2 Å². The van der Waals surface area contributed by atoms with Crippen LogP contribution in [0.2, 0.25) is 0 Å². The lowest BCUT2D eigenvalue weighted by Crippen LogP contribution is -2.73. The lowest BCUT2D eigenvalue weighted by atomic mass is 9.88. The third-order valence-corrected chi connectivity index (χ3v) is 7.21. The Balaban J connectivity index is 1.44. The van der Waals surface area contributed by atoms with Crippen molar-refractivity contribution in [3.05, 3.63) is 27.9 Å². The average Bonchev–Trinajstić information content (AvgIpc) is 3.36. The van der Waals surface area contributed by atoms with Crippen LogP contribution in [0.5, 0.6) is 0 Å². The molecule has 16 nitrogen and oxygen atoms in total. The van der Waals surface area contributed by atoms with Crippen LogP contribution in [0, 0.1) is 4.91 Å². The number of β-lactam (4-membered cyclic amide) rings is 1. The van der Waals surface area contributed by atoms with Crippen molar-refractivity contribution in [2.45, 2.75) is 56.1 Å². The number of nitrogens with one attached hydrogen (secondary N) is 2. The summed E-state index contributed by atoms with van der Waals surface area (Å²) in [5.74, 6) is -2.06. The number of aromatic nitrogens is 4. The Bertz CT molecular complexity index is 1190. The topological polar surface area (TPSA) is 241 Å². The molecule has 2 aromatic heterocycles. The fraction of sp³-hybridized carbons (Fsp3) is 0.562. The first-order valence-corrected chi connectivity index (χ1v) is 12.4. The number of carbonyl (C=O) groups excluding carboxylic acids is 2. The van der Waals surface area contributed by atoms with Crippen molar-refractivity contribution in [2.24, 2.45) is 10.9 Å². The molecule has 0 spiro atoms. The van der Waals surface area contributed by atoms with E-state index in [0.717, 1.165) is 29.0 Å². The highest BCUT2D eigenvalue weighted by atomic mass is 32.2. The summed E-state index contributed by atoms with van der Waals surface area (Å²) in [6.45, 7) is 0.153. The summed E-state index contributed by atoms with van der Waals surface area (Å²) in [6.07, 6.45) is 3.18. The monoisotopic (exact) mass is 514 g/mol. The van der Waals surface area contributed by atoms with Gasteiger partial charge in [-0.1, -0.05) is 0 Å².